The van der Waals surface area contributed by atoms with Crippen LogP contribution in [0.15, 0.2) is 12.1 Å². The molecule has 0 aliphatic heterocycles. The highest BCUT2D eigenvalue weighted by Crippen LogP contribution is 2.28. The molecule has 1 unspecified atom stereocenters. The molecular formula is C14H19N3O4. The Balaban J connectivity index is 2.06. The number of nitrogens with zero attached hydrogens (tertiary/aromatic N) is 2. The molecule has 1 aromatic rings. The lowest BCUT2D eigenvalue weighted by Gasteiger charge is -2.28. The van der Waals surface area contributed by atoms with Crippen LogP contribution >= 0.6 is 0 Å². The zero-order valence-corrected chi connectivity index (χ0v) is 11.9. The molecule has 114 valence electrons. The van der Waals surface area contributed by atoms with Gasteiger partial charge in [0.05, 0.1) is 7.11 Å². The topological polar surface area (TPSA) is 101 Å². The van der Waals surface area contributed by atoms with Gasteiger partial charge in [0, 0.05) is 0 Å². The van der Waals surface area contributed by atoms with E-state index in [1.54, 1.807) is 0 Å². The molecule has 0 aromatic carbocycles. The second kappa shape index (κ2) is 7.01. The van der Waals surface area contributed by atoms with Gasteiger partial charge in [-0.1, -0.05) is 19.3 Å². The molecule has 0 radical (unpaired) electrons. The van der Waals surface area contributed by atoms with Crippen LogP contribution in [0, 0.1) is 5.92 Å². The van der Waals surface area contributed by atoms with Gasteiger partial charge >= 0.3 is 11.9 Å². The Hall–Kier alpha value is -2.18. The van der Waals surface area contributed by atoms with Crippen LogP contribution < -0.4 is 5.32 Å². The molecule has 2 rings (SSSR count). The summed E-state index contributed by atoms with van der Waals surface area (Å²) in [6, 6.07) is 2.32. The number of carbonyl (C=O) groups excluding carboxylic acids is 1. The van der Waals surface area contributed by atoms with Crippen molar-refractivity contribution in [3.63, 3.8) is 0 Å². The van der Waals surface area contributed by atoms with Gasteiger partial charge in [0.1, 0.15) is 11.9 Å². The van der Waals surface area contributed by atoms with Crippen molar-refractivity contribution in [2.75, 3.05) is 12.4 Å². The van der Waals surface area contributed by atoms with E-state index in [4.69, 9.17) is 0 Å². The van der Waals surface area contributed by atoms with E-state index < -0.39 is 18.0 Å². The molecule has 2 N–H and O–H groups in total. The number of aromatic nitrogens is 2. The van der Waals surface area contributed by atoms with Gasteiger partial charge in [-0.3, -0.25) is 0 Å². The van der Waals surface area contributed by atoms with Gasteiger partial charge in [0.25, 0.3) is 0 Å². The summed E-state index contributed by atoms with van der Waals surface area (Å²) >= 11 is 0. The molecule has 1 atom stereocenters. The summed E-state index contributed by atoms with van der Waals surface area (Å²) in [5.74, 6) is -1.02. The summed E-state index contributed by atoms with van der Waals surface area (Å²) in [5.41, 5.74) is 0.0904. The maximum absolute atomic E-state index is 11.4. The Labute approximate surface area is 122 Å². The Morgan fingerprint density at radius 3 is 2.52 bits per heavy atom. The summed E-state index contributed by atoms with van der Waals surface area (Å²) in [7, 11) is 1.26. The number of carboxylic acid groups (broad SMARTS) is 1. The minimum atomic E-state index is -0.888. The van der Waals surface area contributed by atoms with E-state index in [1.165, 1.54) is 19.2 Å². The first-order valence-corrected chi connectivity index (χ1v) is 7.03. The largest absolute Gasteiger partial charge is 0.480 e. The maximum atomic E-state index is 11.4. The van der Waals surface area contributed by atoms with Gasteiger partial charge in [-0.25, -0.2) is 9.59 Å². The quantitative estimate of drug-likeness (QED) is 0.797. The van der Waals surface area contributed by atoms with Crippen LogP contribution in [0.25, 0.3) is 0 Å². The SMILES string of the molecule is COC(=O)c1ccc(NC(C(=O)O)C2CCCCC2)nn1. The van der Waals surface area contributed by atoms with Crippen molar-refractivity contribution in [3.8, 4) is 0 Å². The Morgan fingerprint density at radius 2 is 2.00 bits per heavy atom. The lowest BCUT2D eigenvalue weighted by molar-refractivity contribution is -0.139. The number of hydrogen-bond acceptors (Lipinski definition) is 6. The van der Waals surface area contributed by atoms with Crippen molar-refractivity contribution in [2.24, 2.45) is 5.92 Å². The third-order valence-electron chi connectivity index (χ3n) is 3.75. The van der Waals surface area contributed by atoms with Gasteiger partial charge < -0.3 is 15.2 Å². The van der Waals surface area contributed by atoms with Crippen LogP contribution in [-0.4, -0.2) is 40.4 Å². The second-order valence-corrected chi connectivity index (χ2v) is 5.15. The van der Waals surface area contributed by atoms with Crippen LogP contribution in [0.2, 0.25) is 0 Å². The standard InChI is InChI=1S/C14H19N3O4/c1-21-14(20)10-7-8-11(17-16-10)15-12(13(18)19)9-5-3-2-4-6-9/h7-9,12H,2-6H2,1H3,(H,15,17)(H,18,19). The Morgan fingerprint density at radius 1 is 1.29 bits per heavy atom. The molecule has 7 nitrogen and oxygen atoms in total. The van der Waals surface area contributed by atoms with Gasteiger partial charge in [-0.2, -0.15) is 0 Å². The zero-order valence-electron chi connectivity index (χ0n) is 11.9. The van der Waals surface area contributed by atoms with Gasteiger partial charge in [0.15, 0.2) is 5.69 Å². The van der Waals surface area contributed by atoms with Crippen molar-refractivity contribution in [1.29, 1.82) is 0 Å². The van der Waals surface area contributed by atoms with E-state index in [0.717, 1.165) is 32.1 Å². The molecule has 1 saturated carbocycles. The average Bonchev–Trinajstić information content (AvgIpc) is 2.53. The molecule has 0 amide bonds. The molecule has 1 heterocycles. The van der Waals surface area contributed by atoms with Crippen molar-refractivity contribution in [3.05, 3.63) is 17.8 Å². The summed E-state index contributed by atoms with van der Waals surface area (Å²) in [6.07, 6.45) is 5.08. The number of anilines is 1. The van der Waals surface area contributed by atoms with Crippen LogP contribution in [-0.2, 0) is 9.53 Å². The number of rotatable bonds is 5. The number of hydrogen-bond donors (Lipinski definition) is 2. The second-order valence-electron chi connectivity index (χ2n) is 5.15. The van der Waals surface area contributed by atoms with E-state index in [2.05, 4.69) is 20.3 Å². The third-order valence-corrected chi connectivity index (χ3v) is 3.75. The van der Waals surface area contributed by atoms with Crippen LogP contribution in [0.1, 0.15) is 42.6 Å². The van der Waals surface area contributed by atoms with Gasteiger partial charge in [0.2, 0.25) is 0 Å². The van der Waals surface area contributed by atoms with E-state index >= 15 is 0 Å². The Bertz CT molecular complexity index is 497. The van der Waals surface area contributed by atoms with Crippen molar-refractivity contribution in [2.45, 2.75) is 38.1 Å². The number of carboxylic acids is 1. The molecule has 0 spiro atoms. The number of nitrogens with one attached hydrogen (secondary N) is 1. The molecule has 0 saturated heterocycles. The fourth-order valence-corrected chi connectivity index (χ4v) is 2.63. The molecule has 0 bridgehead atoms. The predicted molar refractivity (Wildman–Crippen MR) is 75.0 cm³/mol. The predicted octanol–water partition coefficient (Wildman–Crippen LogP) is 1.71. The number of ether oxygens (including phenoxy) is 1. The van der Waals surface area contributed by atoms with Crippen LogP contribution in [0.4, 0.5) is 5.82 Å². The number of methoxy groups -OCH3 is 1. The molecular weight excluding hydrogens is 274 g/mol. The first-order chi connectivity index (χ1) is 10.1. The summed E-state index contributed by atoms with van der Waals surface area (Å²) < 4.78 is 4.53. The first kappa shape index (κ1) is 15.2. The normalized spacial score (nSPS) is 17.0. The summed E-state index contributed by atoms with van der Waals surface area (Å²) in [4.78, 5) is 22.7. The first-order valence-electron chi connectivity index (χ1n) is 7.03. The minimum Gasteiger partial charge on any atom is -0.480 e. The summed E-state index contributed by atoms with van der Waals surface area (Å²) in [6.45, 7) is 0. The maximum Gasteiger partial charge on any atom is 0.358 e. The highest BCUT2D eigenvalue weighted by Gasteiger charge is 2.29. The summed E-state index contributed by atoms with van der Waals surface area (Å²) in [5, 5.41) is 19.9. The fraction of sp³-hybridized carbons (Fsp3) is 0.571. The highest BCUT2D eigenvalue weighted by atomic mass is 16.5. The molecule has 1 aromatic heterocycles. The number of esters is 1. The van der Waals surface area contributed by atoms with Crippen molar-refractivity contribution in [1.82, 2.24) is 10.2 Å². The lowest BCUT2D eigenvalue weighted by Crippen LogP contribution is -2.38. The average molecular weight is 293 g/mol. The van der Waals surface area contributed by atoms with E-state index in [1.807, 2.05) is 0 Å². The fourth-order valence-electron chi connectivity index (χ4n) is 2.63. The van der Waals surface area contributed by atoms with Crippen LogP contribution in [0.3, 0.4) is 0 Å². The molecule has 1 aliphatic rings. The molecule has 1 aliphatic carbocycles. The zero-order chi connectivity index (χ0) is 15.2. The molecule has 1 fully saturated rings. The smallest absolute Gasteiger partial charge is 0.358 e. The molecule has 21 heavy (non-hydrogen) atoms. The Kier molecular flexibility index (Phi) is 5.08. The lowest BCUT2D eigenvalue weighted by atomic mass is 9.84. The third kappa shape index (κ3) is 3.90. The van der Waals surface area contributed by atoms with E-state index in [0.29, 0.717) is 5.82 Å². The highest BCUT2D eigenvalue weighted by molar-refractivity contribution is 5.87. The molecule has 7 heteroatoms. The minimum absolute atomic E-state index is 0.0904. The number of carbonyl (C=O) groups is 2. The van der Waals surface area contributed by atoms with Crippen LogP contribution in [0.5, 0.6) is 0 Å². The van der Waals surface area contributed by atoms with Gasteiger partial charge in [-0.15, -0.1) is 10.2 Å². The number of aliphatic carboxylic acids is 1. The van der Waals surface area contributed by atoms with Gasteiger partial charge in [-0.05, 0) is 30.9 Å². The van der Waals surface area contributed by atoms with E-state index in [9.17, 15) is 14.7 Å². The van der Waals surface area contributed by atoms with Crippen molar-refractivity contribution >= 4 is 17.8 Å². The van der Waals surface area contributed by atoms with E-state index in [-0.39, 0.29) is 11.6 Å². The monoisotopic (exact) mass is 293 g/mol. The van der Waals surface area contributed by atoms with Crippen molar-refractivity contribution < 1.29 is 19.4 Å².